The Labute approximate surface area is 93.9 Å². The summed E-state index contributed by atoms with van der Waals surface area (Å²) < 4.78 is 6.55. The van der Waals surface area contributed by atoms with E-state index in [4.69, 9.17) is 5.73 Å². The summed E-state index contributed by atoms with van der Waals surface area (Å²) in [5, 5.41) is 0. The van der Waals surface area contributed by atoms with Gasteiger partial charge in [-0.15, -0.1) is 0 Å². The molecule has 0 saturated heterocycles. The molecule has 0 fully saturated rings. The van der Waals surface area contributed by atoms with Gasteiger partial charge in [0.15, 0.2) is 5.69 Å². The van der Waals surface area contributed by atoms with Gasteiger partial charge in [0.05, 0.1) is 7.11 Å². The number of ether oxygens (including phenoxy) is 1. The van der Waals surface area contributed by atoms with Crippen molar-refractivity contribution in [3.8, 4) is 0 Å². The van der Waals surface area contributed by atoms with E-state index < -0.39 is 5.97 Å². The van der Waals surface area contributed by atoms with E-state index in [0.29, 0.717) is 5.82 Å². The van der Waals surface area contributed by atoms with Gasteiger partial charge in [0, 0.05) is 6.04 Å². The SMILES string of the molecule is COC(=O)c1nc(C)n(C2CC=CC2)c1N. The van der Waals surface area contributed by atoms with Crippen molar-refractivity contribution >= 4 is 11.8 Å². The second-order valence-electron chi connectivity index (χ2n) is 3.85. The van der Waals surface area contributed by atoms with E-state index in [9.17, 15) is 4.79 Å². The van der Waals surface area contributed by atoms with Gasteiger partial charge < -0.3 is 15.0 Å². The first-order valence-corrected chi connectivity index (χ1v) is 5.22. The number of methoxy groups -OCH3 is 1. The number of carbonyl (C=O) groups excluding carboxylic acids is 1. The number of imidazole rings is 1. The average molecular weight is 221 g/mol. The molecule has 0 spiro atoms. The molecular weight excluding hydrogens is 206 g/mol. The van der Waals surface area contributed by atoms with E-state index in [-0.39, 0.29) is 11.7 Å². The van der Waals surface area contributed by atoms with Crippen molar-refractivity contribution in [3.63, 3.8) is 0 Å². The first-order chi connectivity index (χ1) is 7.65. The highest BCUT2D eigenvalue weighted by molar-refractivity contribution is 5.92. The van der Waals surface area contributed by atoms with Crippen molar-refractivity contribution in [3.05, 3.63) is 23.7 Å². The summed E-state index contributed by atoms with van der Waals surface area (Å²) in [5.41, 5.74) is 6.15. The van der Waals surface area contributed by atoms with Gasteiger partial charge in [0.1, 0.15) is 11.6 Å². The van der Waals surface area contributed by atoms with Crippen LogP contribution in [0.2, 0.25) is 0 Å². The summed E-state index contributed by atoms with van der Waals surface area (Å²) in [5.74, 6) is 0.676. The largest absolute Gasteiger partial charge is 0.464 e. The lowest BCUT2D eigenvalue weighted by Gasteiger charge is -2.15. The van der Waals surface area contributed by atoms with Crippen LogP contribution >= 0.6 is 0 Å². The third kappa shape index (κ3) is 1.58. The van der Waals surface area contributed by atoms with Gasteiger partial charge in [-0.05, 0) is 19.8 Å². The molecule has 1 aliphatic carbocycles. The molecule has 0 bridgehead atoms. The van der Waals surface area contributed by atoms with Gasteiger partial charge in [0.25, 0.3) is 0 Å². The molecule has 0 atom stereocenters. The monoisotopic (exact) mass is 221 g/mol. The van der Waals surface area contributed by atoms with Crippen LogP contribution in [-0.4, -0.2) is 22.6 Å². The summed E-state index contributed by atoms with van der Waals surface area (Å²) >= 11 is 0. The molecule has 0 unspecified atom stereocenters. The topological polar surface area (TPSA) is 70.1 Å². The molecule has 0 aromatic carbocycles. The number of hydrogen-bond acceptors (Lipinski definition) is 4. The van der Waals surface area contributed by atoms with E-state index in [0.717, 1.165) is 18.7 Å². The molecule has 5 nitrogen and oxygen atoms in total. The van der Waals surface area contributed by atoms with Crippen LogP contribution in [-0.2, 0) is 4.74 Å². The number of nitrogens with two attached hydrogens (primary N) is 1. The summed E-state index contributed by atoms with van der Waals surface area (Å²) in [7, 11) is 1.33. The van der Waals surface area contributed by atoms with E-state index in [1.807, 2.05) is 11.5 Å². The van der Waals surface area contributed by atoms with Crippen LogP contribution in [0.25, 0.3) is 0 Å². The molecule has 1 aromatic heterocycles. The Morgan fingerprint density at radius 3 is 2.75 bits per heavy atom. The van der Waals surface area contributed by atoms with Crippen molar-refractivity contribution in [2.45, 2.75) is 25.8 Å². The predicted octanol–water partition coefficient (Wildman–Crippen LogP) is 1.45. The lowest BCUT2D eigenvalue weighted by molar-refractivity contribution is 0.0595. The number of aryl methyl sites for hydroxylation is 1. The fraction of sp³-hybridized carbons (Fsp3) is 0.455. The van der Waals surface area contributed by atoms with Gasteiger partial charge in [-0.3, -0.25) is 0 Å². The highest BCUT2D eigenvalue weighted by Crippen LogP contribution is 2.29. The molecule has 2 rings (SSSR count). The maximum atomic E-state index is 11.4. The van der Waals surface area contributed by atoms with Crippen molar-refractivity contribution in [2.75, 3.05) is 12.8 Å². The Bertz CT molecular complexity index is 440. The highest BCUT2D eigenvalue weighted by Gasteiger charge is 2.24. The first-order valence-electron chi connectivity index (χ1n) is 5.22. The van der Waals surface area contributed by atoms with Crippen LogP contribution < -0.4 is 5.73 Å². The standard InChI is InChI=1S/C11H15N3O2/c1-7-13-9(11(15)16-2)10(12)14(7)8-5-3-4-6-8/h3-4,8H,5-6,12H2,1-2H3. The molecule has 1 aromatic rings. The number of anilines is 1. The minimum atomic E-state index is -0.481. The molecule has 2 N–H and O–H groups in total. The lowest BCUT2D eigenvalue weighted by Crippen LogP contribution is -2.12. The number of carbonyl (C=O) groups is 1. The number of hydrogen-bond donors (Lipinski definition) is 1. The Balaban J connectivity index is 2.38. The van der Waals surface area contributed by atoms with Gasteiger partial charge in [-0.25, -0.2) is 9.78 Å². The third-order valence-corrected chi connectivity index (χ3v) is 2.85. The number of nitrogen functional groups attached to an aromatic ring is 1. The van der Waals surface area contributed by atoms with Gasteiger partial charge in [-0.1, -0.05) is 12.2 Å². The zero-order valence-corrected chi connectivity index (χ0v) is 9.43. The molecule has 1 heterocycles. The fourth-order valence-corrected chi connectivity index (χ4v) is 2.08. The van der Waals surface area contributed by atoms with Gasteiger partial charge in [0.2, 0.25) is 0 Å². The number of esters is 1. The molecule has 16 heavy (non-hydrogen) atoms. The summed E-state index contributed by atoms with van der Waals surface area (Å²) in [4.78, 5) is 15.6. The number of rotatable bonds is 2. The maximum Gasteiger partial charge on any atom is 0.360 e. The van der Waals surface area contributed by atoms with Crippen LogP contribution in [0.1, 0.15) is 35.2 Å². The van der Waals surface area contributed by atoms with E-state index >= 15 is 0 Å². The Morgan fingerprint density at radius 2 is 2.19 bits per heavy atom. The van der Waals surface area contributed by atoms with Crippen LogP contribution in [0.4, 0.5) is 5.82 Å². The Hall–Kier alpha value is -1.78. The number of allylic oxidation sites excluding steroid dienone is 2. The third-order valence-electron chi connectivity index (χ3n) is 2.85. The molecule has 86 valence electrons. The maximum absolute atomic E-state index is 11.4. The van der Waals surface area contributed by atoms with E-state index in [1.165, 1.54) is 7.11 Å². The van der Waals surface area contributed by atoms with Gasteiger partial charge in [-0.2, -0.15) is 0 Å². The van der Waals surface area contributed by atoms with E-state index in [2.05, 4.69) is 21.9 Å². The molecule has 0 amide bonds. The second-order valence-corrected chi connectivity index (χ2v) is 3.85. The minimum absolute atomic E-state index is 0.215. The minimum Gasteiger partial charge on any atom is -0.464 e. The lowest BCUT2D eigenvalue weighted by atomic mass is 10.2. The fourth-order valence-electron chi connectivity index (χ4n) is 2.08. The summed E-state index contributed by atoms with van der Waals surface area (Å²) in [6.45, 7) is 1.85. The molecular formula is C11H15N3O2. The smallest absolute Gasteiger partial charge is 0.360 e. The number of aromatic nitrogens is 2. The summed E-state index contributed by atoms with van der Waals surface area (Å²) in [6, 6.07) is 0.283. The van der Waals surface area contributed by atoms with Crippen molar-refractivity contribution < 1.29 is 9.53 Å². The Kier molecular flexibility index (Phi) is 2.68. The van der Waals surface area contributed by atoms with Crippen molar-refractivity contribution in [1.29, 1.82) is 0 Å². The summed E-state index contributed by atoms with van der Waals surface area (Å²) in [6.07, 6.45) is 6.09. The van der Waals surface area contributed by atoms with Crippen LogP contribution in [0.3, 0.4) is 0 Å². The highest BCUT2D eigenvalue weighted by atomic mass is 16.5. The van der Waals surface area contributed by atoms with Crippen molar-refractivity contribution in [2.24, 2.45) is 0 Å². The van der Waals surface area contributed by atoms with Crippen LogP contribution in [0.15, 0.2) is 12.2 Å². The molecule has 0 saturated carbocycles. The van der Waals surface area contributed by atoms with E-state index in [1.54, 1.807) is 0 Å². The Morgan fingerprint density at radius 1 is 1.56 bits per heavy atom. The first kappa shape index (κ1) is 10.7. The quantitative estimate of drug-likeness (QED) is 0.606. The van der Waals surface area contributed by atoms with Crippen LogP contribution in [0.5, 0.6) is 0 Å². The molecule has 5 heteroatoms. The normalized spacial score (nSPS) is 15.6. The number of nitrogens with zero attached hydrogens (tertiary/aromatic N) is 2. The molecule has 0 aliphatic heterocycles. The molecule has 0 radical (unpaired) electrons. The molecule has 1 aliphatic rings. The zero-order valence-electron chi connectivity index (χ0n) is 9.43. The average Bonchev–Trinajstić information content (AvgIpc) is 2.86. The second kappa shape index (κ2) is 4.00. The van der Waals surface area contributed by atoms with Crippen LogP contribution in [0, 0.1) is 6.92 Å². The van der Waals surface area contributed by atoms with Gasteiger partial charge >= 0.3 is 5.97 Å². The van der Waals surface area contributed by atoms with Crippen molar-refractivity contribution in [1.82, 2.24) is 9.55 Å². The zero-order chi connectivity index (χ0) is 11.7. The predicted molar refractivity (Wildman–Crippen MR) is 60.1 cm³/mol.